The molecule has 2 aromatic carbocycles. The second-order valence-corrected chi connectivity index (χ2v) is 9.74. The van der Waals surface area contributed by atoms with E-state index in [1.807, 2.05) is 31.2 Å². The molecule has 6 heteroatoms. The molecule has 0 aliphatic heterocycles. The minimum absolute atomic E-state index is 0.0376. The van der Waals surface area contributed by atoms with Crippen molar-refractivity contribution in [2.75, 3.05) is 17.1 Å². The molecule has 2 rings (SSSR count). The molecule has 0 heterocycles. The van der Waals surface area contributed by atoms with Crippen LogP contribution in [0.25, 0.3) is 0 Å². The first-order valence-corrected chi connectivity index (χ1v) is 12.4. The van der Waals surface area contributed by atoms with E-state index < -0.39 is 10.0 Å². The Kier molecular flexibility index (Phi) is 8.47. The van der Waals surface area contributed by atoms with Crippen LogP contribution in [-0.4, -0.2) is 27.1 Å². The Morgan fingerprint density at radius 1 is 1.03 bits per heavy atom. The molecule has 0 spiro atoms. The highest BCUT2D eigenvalue weighted by molar-refractivity contribution is 7.92. The number of nitrogens with one attached hydrogen (secondary N) is 1. The van der Waals surface area contributed by atoms with E-state index >= 15 is 0 Å². The number of amides is 1. The van der Waals surface area contributed by atoms with Crippen molar-refractivity contribution >= 4 is 21.6 Å². The lowest BCUT2D eigenvalue weighted by molar-refractivity contribution is -0.121. The highest BCUT2D eigenvalue weighted by Gasteiger charge is 2.18. The van der Waals surface area contributed by atoms with Crippen molar-refractivity contribution in [3.63, 3.8) is 0 Å². The van der Waals surface area contributed by atoms with Gasteiger partial charge in [0.2, 0.25) is 15.9 Å². The third-order valence-corrected chi connectivity index (χ3v) is 6.67. The maximum atomic E-state index is 12.5. The molecule has 1 atom stereocenters. The van der Waals surface area contributed by atoms with E-state index in [0.29, 0.717) is 12.1 Å². The summed E-state index contributed by atoms with van der Waals surface area (Å²) < 4.78 is 25.9. The first-order chi connectivity index (χ1) is 14.2. The van der Waals surface area contributed by atoms with Gasteiger partial charge in [0.25, 0.3) is 0 Å². The number of hydrogen-bond acceptors (Lipinski definition) is 3. The van der Waals surface area contributed by atoms with Gasteiger partial charge in [-0.1, -0.05) is 44.2 Å². The predicted octanol–water partition coefficient (Wildman–Crippen LogP) is 4.68. The summed E-state index contributed by atoms with van der Waals surface area (Å²) in [4.78, 5) is 12.5. The van der Waals surface area contributed by atoms with Gasteiger partial charge in [-0.15, -0.1) is 0 Å². The molecule has 0 saturated carbocycles. The predicted molar refractivity (Wildman–Crippen MR) is 124 cm³/mol. The van der Waals surface area contributed by atoms with Gasteiger partial charge in [0.15, 0.2) is 0 Å². The van der Waals surface area contributed by atoms with Gasteiger partial charge in [0.1, 0.15) is 0 Å². The van der Waals surface area contributed by atoms with Gasteiger partial charge in [-0.2, -0.15) is 0 Å². The zero-order chi connectivity index (χ0) is 22.3. The number of rotatable bonds is 10. The summed E-state index contributed by atoms with van der Waals surface area (Å²) in [6, 6.07) is 13.7. The molecule has 0 bridgehead atoms. The highest BCUT2D eigenvalue weighted by Crippen LogP contribution is 2.21. The van der Waals surface area contributed by atoms with Crippen molar-refractivity contribution in [2.24, 2.45) is 0 Å². The lowest BCUT2D eigenvalue weighted by Gasteiger charge is -2.23. The van der Waals surface area contributed by atoms with Crippen molar-refractivity contribution in [3.05, 3.63) is 64.7 Å². The number of carbonyl (C=O) groups excluding carboxylic acids is 1. The Morgan fingerprint density at radius 2 is 1.70 bits per heavy atom. The molecule has 1 N–H and O–H groups in total. The molecule has 5 nitrogen and oxygen atoms in total. The molecule has 0 aromatic heterocycles. The average molecular weight is 431 g/mol. The minimum Gasteiger partial charge on any atom is -0.349 e. The van der Waals surface area contributed by atoms with E-state index in [0.717, 1.165) is 24.0 Å². The molecule has 0 aliphatic carbocycles. The second-order valence-electron chi connectivity index (χ2n) is 7.83. The van der Waals surface area contributed by atoms with Crippen LogP contribution in [0.1, 0.15) is 61.4 Å². The molecular formula is C24H34N2O3S. The van der Waals surface area contributed by atoms with Crippen molar-refractivity contribution in [1.29, 1.82) is 0 Å². The summed E-state index contributed by atoms with van der Waals surface area (Å²) in [5, 5.41) is 3.09. The Hall–Kier alpha value is -2.34. The maximum absolute atomic E-state index is 12.5. The smallest absolute Gasteiger partial charge is 0.232 e. The lowest BCUT2D eigenvalue weighted by Crippen LogP contribution is -2.33. The lowest BCUT2D eigenvalue weighted by atomic mass is 9.99. The van der Waals surface area contributed by atoms with E-state index in [1.54, 1.807) is 0 Å². The summed E-state index contributed by atoms with van der Waals surface area (Å²) in [5.41, 5.74) is 5.33. The van der Waals surface area contributed by atoms with Crippen molar-refractivity contribution in [2.45, 2.75) is 59.4 Å². The molecule has 164 valence electrons. The van der Waals surface area contributed by atoms with Crippen LogP contribution in [0.15, 0.2) is 42.5 Å². The monoisotopic (exact) mass is 430 g/mol. The van der Waals surface area contributed by atoms with Crippen LogP contribution in [0.2, 0.25) is 0 Å². The van der Waals surface area contributed by atoms with E-state index in [4.69, 9.17) is 0 Å². The second kappa shape index (κ2) is 10.6. The third-order valence-electron chi connectivity index (χ3n) is 5.47. The number of benzene rings is 2. The fourth-order valence-electron chi connectivity index (χ4n) is 3.44. The largest absolute Gasteiger partial charge is 0.349 e. The number of nitrogens with zero attached hydrogens (tertiary/aromatic N) is 1. The van der Waals surface area contributed by atoms with E-state index in [9.17, 15) is 13.2 Å². The molecule has 2 aromatic rings. The molecular weight excluding hydrogens is 396 g/mol. The van der Waals surface area contributed by atoms with Crippen LogP contribution in [-0.2, 0) is 21.2 Å². The first kappa shape index (κ1) is 23.9. The summed E-state index contributed by atoms with van der Waals surface area (Å²) in [6.45, 7) is 8.52. The molecule has 0 fully saturated rings. The highest BCUT2D eigenvalue weighted by atomic mass is 32.2. The van der Waals surface area contributed by atoms with Crippen molar-refractivity contribution < 1.29 is 13.2 Å². The number of carbonyl (C=O) groups is 1. The number of hydrogen-bond donors (Lipinski definition) is 1. The van der Waals surface area contributed by atoms with Crippen LogP contribution in [0, 0.1) is 13.8 Å². The molecule has 0 aliphatic rings. The van der Waals surface area contributed by atoms with Crippen LogP contribution in [0.4, 0.5) is 5.69 Å². The molecule has 30 heavy (non-hydrogen) atoms. The SMILES string of the molecule is CCc1ccc(N(CCCC(=O)N[C@@H](CC)c2ccc(C)c(C)c2)S(C)(=O)=O)cc1. The van der Waals surface area contributed by atoms with E-state index in [1.165, 1.54) is 21.7 Å². The third kappa shape index (κ3) is 6.59. The zero-order valence-electron chi connectivity index (χ0n) is 18.7. The van der Waals surface area contributed by atoms with E-state index in [-0.39, 0.29) is 24.9 Å². The van der Waals surface area contributed by atoms with Crippen LogP contribution in [0.3, 0.4) is 0 Å². The normalized spacial score (nSPS) is 12.4. The summed E-state index contributed by atoms with van der Waals surface area (Å²) in [5.74, 6) is -0.0603. The number of sulfonamides is 1. The van der Waals surface area contributed by atoms with Gasteiger partial charge in [0, 0.05) is 13.0 Å². The van der Waals surface area contributed by atoms with Gasteiger partial charge in [-0.25, -0.2) is 8.42 Å². The Morgan fingerprint density at radius 3 is 2.23 bits per heavy atom. The van der Waals surface area contributed by atoms with E-state index in [2.05, 4.69) is 44.3 Å². The van der Waals surface area contributed by atoms with Crippen molar-refractivity contribution in [1.82, 2.24) is 5.32 Å². The van der Waals surface area contributed by atoms with Gasteiger partial charge in [0.05, 0.1) is 18.0 Å². The Balaban J connectivity index is 1.98. The Bertz CT molecular complexity index is 953. The standard InChI is InChI=1S/C24H34N2O3S/c1-6-20-11-14-22(15-12-20)26(30(5,28)29)16-8-9-24(27)25-23(7-2)21-13-10-18(3)19(4)17-21/h10-15,17,23H,6-9,16H2,1-5H3,(H,25,27)/t23-/m0/s1. The first-order valence-electron chi connectivity index (χ1n) is 10.6. The summed E-state index contributed by atoms with van der Waals surface area (Å²) in [7, 11) is -3.41. The topological polar surface area (TPSA) is 66.5 Å². The summed E-state index contributed by atoms with van der Waals surface area (Å²) >= 11 is 0. The van der Waals surface area contributed by atoms with Crippen LogP contribution < -0.4 is 9.62 Å². The van der Waals surface area contributed by atoms with Crippen LogP contribution in [0.5, 0.6) is 0 Å². The number of anilines is 1. The van der Waals surface area contributed by atoms with Crippen LogP contribution >= 0.6 is 0 Å². The summed E-state index contributed by atoms with van der Waals surface area (Å²) in [6.07, 6.45) is 3.64. The fourth-order valence-corrected chi connectivity index (χ4v) is 4.40. The number of aryl methyl sites for hydroxylation is 3. The molecule has 0 radical (unpaired) electrons. The molecule has 1 amide bonds. The van der Waals surface area contributed by atoms with Gasteiger partial charge in [-0.05, 0) is 67.5 Å². The molecule has 0 saturated heterocycles. The van der Waals surface area contributed by atoms with Gasteiger partial charge in [-0.3, -0.25) is 9.10 Å². The molecule has 0 unspecified atom stereocenters. The quantitative estimate of drug-likeness (QED) is 0.595. The fraction of sp³-hybridized carbons (Fsp3) is 0.458. The zero-order valence-corrected chi connectivity index (χ0v) is 19.6. The maximum Gasteiger partial charge on any atom is 0.232 e. The Labute approximate surface area is 181 Å². The van der Waals surface area contributed by atoms with Crippen molar-refractivity contribution in [3.8, 4) is 0 Å². The van der Waals surface area contributed by atoms with Gasteiger partial charge >= 0.3 is 0 Å². The minimum atomic E-state index is -3.41. The van der Waals surface area contributed by atoms with Gasteiger partial charge < -0.3 is 5.32 Å². The average Bonchev–Trinajstić information content (AvgIpc) is 2.71.